The Labute approximate surface area is 177 Å². The molecule has 1 aromatic heterocycles. The van der Waals surface area contributed by atoms with Crippen LogP contribution in [0, 0.1) is 0 Å². The molecule has 2 heterocycles. The minimum absolute atomic E-state index is 0. The van der Waals surface area contributed by atoms with Crippen LogP contribution in [0.1, 0.15) is 4.88 Å². The van der Waals surface area contributed by atoms with Gasteiger partial charge in [-0.1, -0.05) is 12.1 Å². The highest BCUT2D eigenvalue weighted by molar-refractivity contribution is 14.0. The molecule has 26 heavy (non-hydrogen) atoms. The Morgan fingerprint density at radius 1 is 1.19 bits per heavy atom. The molecule has 1 N–H and O–H groups in total. The zero-order valence-corrected chi connectivity index (χ0v) is 18.5. The van der Waals surface area contributed by atoms with Crippen molar-refractivity contribution in [2.75, 3.05) is 51.8 Å². The van der Waals surface area contributed by atoms with Gasteiger partial charge in [-0.2, -0.15) is 0 Å². The molecule has 0 unspecified atom stereocenters. The van der Waals surface area contributed by atoms with Crippen molar-refractivity contribution in [3.63, 3.8) is 0 Å². The zero-order valence-electron chi connectivity index (χ0n) is 15.4. The van der Waals surface area contributed by atoms with Gasteiger partial charge < -0.3 is 19.9 Å². The van der Waals surface area contributed by atoms with Gasteiger partial charge in [0.2, 0.25) is 0 Å². The number of thiophene rings is 1. The number of piperazine rings is 1. The van der Waals surface area contributed by atoms with Gasteiger partial charge in [0.15, 0.2) is 5.96 Å². The molecule has 0 spiro atoms. The van der Waals surface area contributed by atoms with E-state index in [1.807, 2.05) is 30.5 Å². The number of methoxy groups -OCH3 is 1. The molecular weight excluding hydrogens is 459 g/mol. The molecule has 1 saturated heterocycles. The van der Waals surface area contributed by atoms with Gasteiger partial charge in [0.1, 0.15) is 5.75 Å². The van der Waals surface area contributed by atoms with Gasteiger partial charge in [-0.3, -0.25) is 4.99 Å². The molecule has 1 fully saturated rings. The van der Waals surface area contributed by atoms with Crippen LogP contribution >= 0.6 is 35.3 Å². The second-order valence-electron chi connectivity index (χ2n) is 5.98. The fraction of sp³-hybridized carbons (Fsp3) is 0.421. The number of guanidine groups is 1. The quantitative estimate of drug-likeness (QED) is 0.400. The van der Waals surface area contributed by atoms with Crippen LogP contribution in [0.4, 0.5) is 5.69 Å². The summed E-state index contributed by atoms with van der Waals surface area (Å²) in [6.07, 6.45) is 1.04. The molecule has 142 valence electrons. The molecule has 5 nitrogen and oxygen atoms in total. The average molecular weight is 486 g/mol. The first-order valence-electron chi connectivity index (χ1n) is 8.67. The summed E-state index contributed by atoms with van der Waals surface area (Å²) < 4.78 is 5.33. The summed E-state index contributed by atoms with van der Waals surface area (Å²) in [6.45, 7) is 4.83. The summed E-state index contributed by atoms with van der Waals surface area (Å²) in [5.41, 5.74) is 1.22. The highest BCUT2D eigenvalue weighted by Gasteiger charge is 2.19. The molecule has 1 aliphatic heterocycles. The lowest BCUT2D eigenvalue weighted by Crippen LogP contribution is -2.52. The zero-order chi connectivity index (χ0) is 17.5. The number of anilines is 1. The van der Waals surface area contributed by atoms with Crippen molar-refractivity contribution in [1.82, 2.24) is 10.2 Å². The van der Waals surface area contributed by atoms with E-state index in [9.17, 15) is 0 Å². The number of halogens is 1. The topological polar surface area (TPSA) is 40.1 Å². The van der Waals surface area contributed by atoms with Crippen molar-refractivity contribution in [3.8, 4) is 5.75 Å². The van der Waals surface area contributed by atoms with Crippen molar-refractivity contribution in [1.29, 1.82) is 0 Å². The Kier molecular flexibility index (Phi) is 8.50. The van der Waals surface area contributed by atoms with Crippen LogP contribution in [0.25, 0.3) is 0 Å². The largest absolute Gasteiger partial charge is 0.497 e. The maximum atomic E-state index is 5.33. The second kappa shape index (κ2) is 10.6. The van der Waals surface area contributed by atoms with E-state index in [2.05, 4.69) is 49.8 Å². The van der Waals surface area contributed by atoms with Gasteiger partial charge in [0.25, 0.3) is 0 Å². The highest BCUT2D eigenvalue weighted by atomic mass is 127. The maximum Gasteiger partial charge on any atom is 0.193 e. The van der Waals surface area contributed by atoms with Crippen molar-refractivity contribution in [2.45, 2.75) is 6.42 Å². The van der Waals surface area contributed by atoms with Gasteiger partial charge in [-0.25, -0.2) is 0 Å². The predicted octanol–water partition coefficient (Wildman–Crippen LogP) is 3.31. The summed E-state index contributed by atoms with van der Waals surface area (Å²) >= 11 is 1.81. The van der Waals surface area contributed by atoms with Crippen molar-refractivity contribution >= 4 is 47.0 Å². The van der Waals surface area contributed by atoms with Crippen LogP contribution in [-0.4, -0.2) is 57.7 Å². The Morgan fingerprint density at radius 2 is 2.00 bits per heavy atom. The Hall–Kier alpha value is -1.48. The van der Waals surface area contributed by atoms with E-state index in [0.29, 0.717) is 0 Å². The molecule has 0 radical (unpaired) electrons. The SMILES string of the molecule is CN=C(NCCc1cccs1)N1CCN(c2cccc(OC)c2)CC1.I. The summed E-state index contributed by atoms with van der Waals surface area (Å²) in [5, 5.41) is 5.62. The van der Waals surface area contributed by atoms with E-state index in [1.54, 1.807) is 7.11 Å². The van der Waals surface area contributed by atoms with Gasteiger partial charge in [0.05, 0.1) is 7.11 Å². The Bertz CT molecular complexity index is 685. The summed E-state index contributed by atoms with van der Waals surface area (Å²) in [6, 6.07) is 12.6. The third-order valence-corrected chi connectivity index (χ3v) is 5.38. The van der Waals surface area contributed by atoms with Gasteiger partial charge in [-0.05, 0) is 30.0 Å². The van der Waals surface area contributed by atoms with E-state index in [0.717, 1.165) is 50.9 Å². The maximum absolute atomic E-state index is 5.33. The molecule has 1 aromatic carbocycles. The van der Waals surface area contributed by atoms with E-state index >= 15 is 0 Å². The molecule has 7 heteroatoms. The monoisotopic (exact) mass is 486 g/mol. The van der Waals surface area contributed by atoms with E-state index in [-0.39, 0.29) is 24.0 Å². The van der Waals surface area contributed by atoms with Gasteiger partial charge >= 0.3 is 0 Å². The summed E-state index contributed by atoms with van der Waals surface area (Å²) in [7, 11) is 3.57. The molecule has 1 aliphatic rings. The minimum Gasteiger partial charge on any atom is -0.497 e. The fourth-order valence-corrected chi connectivity index (χ4v) is 3.78. The molecule has 3 rings (SSSR count). The van der Waals surface area contributed by atoms with Crippen LogP contribution in [0.15, 0.2) is 46.8 Å². The first-order valence-corrected chi connectivity index (χ1v) is 9.55. The second-order valence-corrected chi connectivity index (χ2v) is 7.01. The van der Waals surface area contributed by atoms with E-state index in [1.165, 1.54) is 10.6 Å². The predicted molar refractivity (Wildman–Crippen MR) is 122 cm³/mol. The Balaban J connectivity index is 0.00000243. The lowest BCUT2D eigenvalue weighted by Gasteiger charge is -2.37. The molecule has 0 aliphatic carbocycles. The van der Waals surface area contributed by atoms with Crippen LogP contribution in [0.3, 0.4) is 0 Å². The smallest absolute Gasteiger partial charge is 0.193 e. The van der Waals surface area contributed by atoms with Gasteiger partial charge in [0, 0.05) is 56.4 Å². The minimum atomic E-state index is 0. The number of aliphatic imine (C=N–C) groups is 1. The third-order valence-electron chi connectivity index (χ3n) is 4.44. The van der Waals surface area contributed by atoms with Crippen molar-refractivity contribution < 1.29 is 4.74 Å². The number of nitrogens with one attached hydrogen (secondary N) is 1. The Morgan fingerprint density at radius 3 is 2.65 bits per heavy atom. The van der Waals surface area contributed by atoms with Crippen LogP contribution < -0.4 is 15.0 Å². The number of ether oxygens (including phenoxy) is 1. The molecule has 0 saturated carbocycles. The fourth-order valence-electron chi connectivity index (χ4n) is 3.07. The van der Waals surface area contributed by atoms with Crippen LogP contribution in [-0.2, 0) is 6.42 Å². The van der Waals surface area contributed by atoms with Crippen LogP contribution in [0.2, 0.25) is 0 Å². The highest BCUT2D eigenvalue weighted by Crippen LogP contribution is 2.22. The van der Waals surface area contributed by atoms with Gasteiger partial charge in [-0.15, -0.1) is 35.3 Å². The normalized spacial score (nSPS) is 14.8. The average Bonchev–Trinajstić information content (AvgIpc) is 3.19. The number of hydrogen-bond donors (Lipinski definition) is 1. The first kappa shape index (κ1) is 20.8. The van der Waals surface area contributed by atoms with Crippen LogP contribution in [0.5, 0.6) is 5.75 Å². The number of nitrogens with zero attached hydrogens (tertiary/aromatic N) is 3. The first-order chi connectivity index (χ1) is 12.3. The molecule has 0 bridgehead atoms. The van der Waals surface area contributed by atoms with Crippen molar-refractivity contribution in [2.24, 2.45) is 4.99 Å². The van der Waals surface area contributed by atoms with E-state index in [4.69, 9.17) is 4.74 Å². The lowest BCUT2D eigenvalue weighted by atomic mass is 10.2. The number of benzene rings is 1. The number of hydrogen-bond acceptors (Lipinski definition) is 4. The summed E-state index contributed by atoms with van der Waals surface area (Å²) in [4.78, 5) is 10.6. The summed E-state index contributed by atoms with van der Waals surface area (Å²) in [5.74, 6) is 1.91. The molecule has 0 atom stereocenters. The molecule has 0 amide bonds. The lowest BCUT2D eigenvalue weighted by molar-refractivity contribution is 0.372. The standard InChI is InChI=1S/C19H26N4OS.HI/c1-20-19(21-9-8-18-7-4-14-25-18)23-12-10-22(11-13-23)16-5-3-6-17(15-16)24-2;/h3-7,14-15H,8-13H2,1-2H3,(H,20,21);1H. The molecular formula is C19H27IN4OS. The third kappa shape index (κ3) is 5.51. The molecule has 2 aromatic rings. The van der Waals surface area contributed by atoms with E-state index < -0.39 is 0 Å². The number of rotatable bonds is 5. The van der Waals surface area contributed by atoms with Crippen molar-refractivity contribution in [3.05, 3.63) is 46.7 Å².